The highest BCUT2D eigenvalue weighted by Gasteiger charge is 2.15. The molecule has 0 spiro atoms. The van der Waals surface area contributed by atoms with Crippen LogP contribution in [-0.4, -0.2) is 40.1 Å². The number of sulfonamides is 1. The molecular formula is C19H16F2N2O6S. The number of esters is 1. The van der Waals surface area contributed by atoms with Gasteiger partial charge in [0.05, 0.1) is 17.0 Å². The number of terminal acetylenes is 1. The second-order valence-corrected chi connectivity index (χ2v) is 7.35. The van der Waals surface area contributed by atoms with Crippen molar-refractivity contribution in [1.82, 2.24) is 4.72 Å². The molecule has 2 rings (SSSR count). The quantitative estimate of drug-likeness (QED) is 0.458. The van der Waals surface area contributed by atoms with Crippen molar-refractivity contribution in [3.05, 3.63) is 54.1 Å². The Bertz CT molecular complexity index is 1030. The lowest BCUT2D eigenvalue weighted by Gasteiger charge is -2.09. The first kappa shape index (κ1) is 22.8. The highest BCUT2D eigenvalue weighted by molar-refractivity contribution is 7.89. The van der Waals surface area contributed by atoms with Gasteiger partial charge in [0.1, 0.15) is 5.75 Å². The summed E-state index contributed by atoms with van der Waals surface area (Å²) in [5.74, 6) is 0.560. The fraction of sp³-hybridized carbons (Fsp3) is 0.158. The predicted molar refractivity (Wildman–Crippen MR) is 102 cm³/mol. The van der Waals surface area contributed by atoms with Crippen LogP contribution in [0.4, 0.5) is 14.5 Å². The Morgan fingerprint density at radius 1 is 1.07 bits per heavy atom. The molecule has 2 aromatic carbocycles. The van der Waals surface area contributed by atoms with Crippen LogP contribution in [0, 0.1) is 12.3 Å². The minimum absolute atomic E-state index is 0.0344. The number of halogens is 2. The molecule has 1 amide bonds. The van der Waals surface area contributed by atoms with Gasteiger partial charge in [-0.2, -0.15) is 13.5 Å². The van der Waals surface area contributed by atoms with Crippen LogP contribution in [0.25, 0.3) is 0 Å². The van der Waals surface area contributed by atoms with E-state index in [9.17, 15) is 26.8 Å². The fourth-order valence-corrected chi connectivity index (χ4v) is 3.06. The van der Waals surface area contributed by atoms with Gasteiger partial charge in [-0.15, -0.1) is 6.42 Å². The first-order chi connectivity index (χ1) is 14.2. The van der Waals surface area contributed by atoms with E-state index in [-0.39, 0.29) is 28.4 Å². The van der Waals surface area contributed by atoms with E-state index >= 15 is 0 Å². The second kappa shape index (κ2) is 10.3. The van der Waals surface area contributed by atoms with Gasteiger partial charge in [0.2, 0.25) is 10.0 Å². The molecule has 0 aliphatic rings. The first-order valence-corrected chi connectivity index (χ1v) is 9.74. The van der Waals surface area contributed by atoms with Crippen molar-refractivity contribution < 1.29 is 36.3 Å². The Morgan fingerprint density at radius 2 is 1.70 bits per heavy atom. The van der Waals surface area contributed by atoms with Gasteiger partial charge in [-0.25, -0.2) is 13.2 Å². The number of benzene rings is 2. The molecule has 158 valence electrons. The van der Waals surface area contributed by atoms with E-state index in [1.165, 1.54) is 48.5 Å². The van der Waals surface area contributed by atoms with Crippen LogP contribution in [0.3, 0.4) is 0 Å². The summed E-state index contributed by atoms with van der Waals surface area (Å²) in [6.45, 7) is -3.75. The van der Waals surface area contributed by atoms with Crippen molar-refractivity contribution in [1.29, 1.82) is 0 Å². The van der Waals surface area contributed by atoms with Crippen LogP contribution >= 0.6 is 0 Å². The van der Waals surface area contributed by atoms with Gasteiger partial charge in [-0.1, -0.05) is 5.92 Å². The fourth-order valence-electron chi connectivity index (χ4n) is 2.12. The summed E-state index contributed by atoms with van der Waals surface area (Å²) in [5, 5.41) is 2.41. The summed E-state index contributed by atoms with van der Waals surface area (Å²) in [5.41, 5.74) is 0.318. The Labute approximate surface area is 171 Å². The van der Waals surface area contributed by atoms with E-state index in [2.05, 4.69) is 20.7 Å². The van der Waals surface area contributed by atoms with Crippen LogP contribution in [0.15, 0.2) is 53.4 Å². The molecule has 0 heterocycles. The molecular weight excluding hydrogens is 422 g/mol. The topological polar surface area (TPSA) is 111 Å². The molecule has 0 aliphatic carbocycles. The highest BCUT2D eigenvalue weighted by atomic mass is 32.2. The number of carbonyl (C=O) groups is 2. The van der Waals surface area contributed by atoms with Crippen molar-refractivity contribution in [3.8, 4) is 18.1 Å². The third kappa shape index (κ3) is 6.84. The Kier molecular flexibility index (Phi) is 7.85. The zero-order chi connectivity index (χ0) is 22.1. The molecule has 0 unspecified atom stereocenters. The van der Waals surface area contributed by atoms with Gasteiger partial charge in [0.25, 0.3) is 5.91 Å². The van der Waals surface area contributed by atoms with Gasteiger partial charge in [0.15, 0.2) is 6.61 Å². The maximum absolute atomic E-state index is 12.1. The van der Waals surface area contributed by atoms with E-state index in [1.807, 2.05) is 0 Å². The third-order valence-corrected chi connectivity index (χ3v) is 4.88. The maximum atomic E-state index is 12.1. The lowest BCUT2D eigenvalue weighted by Crippen LogP contribution is -2.24. The molecule has 0 atom stereocenters. The van der Waals surface area contributed by atoms with Crippen LogP contribution in [0.2, 0.25) is 0 Å². The van der Waals surface area contributed by atoms with E-state index < -0.39 is 35.1 Å². The van der Waals surface area contributed by atoms with Gasteiger partial charge >= 0.3 is 12.6 Å². The van der Waals surface area contributed by atoms with Crippen LogP contribution in [0.5, 0.6) is 5.75 Å². The molecule has 0 fully saturated rings. The summed E-state index contributed by atoms with van der Waals surface area (Å²) in [6, 6.07) is 10.00. The summed E-state index contributed by atoms with van der Waals surface area (Å²) in [6.07, 6.45) is 5.00. The Morgan fingerprint density at radius 3 is 2.27 bits per heavy atom. The molecule has 30 heavy (non-hydrogen) atoms. The molecule has 0 aliphatic heterocycles. The molecule has 8 nitrogen and oxygen atoms in total. The smallest absolute Gasteiger partial charge is 0.387 e. The van der Waals surface area contributed by atoms with Gasteiger partial charge in [-0.05, 0) is 48.5 Å². The Hall–Kier alpha value is -3.49. The number of rotatable bonds is 9. The molecule has 0 aromatic heterocycles. The zero-order valence-electron chi connectivity index (χ0n) is 15.3. The number of amides is 1. The minimum atomic E-state index is -3.79. The molecule has 0 bridgehead atoms. The maximum Gasteiger partial charge on any atom is 0.387 e. The third-order valence-electron chi connectivity index (χ3n) is 3.46. The van der Waals surface area contributed by atoms with Crippen molar-refractivity contribution in [2.24, 2.45) is 0 Å². The van der Waals surface area contributed by atoms with Crippen molar-refractivity contribution in [2.75, 3.05) is 18.5 Å². The number of nitrogens with one attached hydrogen (secondary N) is 2. The SMILES string of the molecule is C#CCNS(=O)(=O)c1ccc(C(=O)OCC(=O)Nc2ccc(OC(F)F)cc2)cc1. The molecule has 11 heteroatoms. The van der Waals surface area contributed by atoms with E-state index in [1.54, 1.807) is 0 Å². The average Bonchev–Trinajstić information content (AvgIpc) is 2.71. The van der Waals surface area contributed by atoms with Crippen molar-refractivity contribution in [3.63, 3.8) is 0 Å². The minimum Gasteiger partial charge on any atom is -0.452 e. The molecule has 0 saturated carbocycles. The van der Waals surface area contributed by atoms with Gasteiger partial charge in [0, 0.05) is 5.69 Å². The standard InChI is InChI=1S/C19H16F2N2O6S/c1-2-11-22-30(26,27)16-9-3-13(4-10-16)18(25)28-12-17(24)23-14-5-7-15(8-6-14)29-19(20)21/h1,3-10,19,22H,11-12H2,(H,23,24). The van der Waals surface area contributed by atoms with E-state index in [0.717, 1.165) is 0 Å². The number of carbonyl (C=O) groups excluding carboxylic acids is 2. The number of ether oxygens (including phenoxy) is 2. The summed E-state index contributed by atoms with van der Waals surface area (Å²) < 4.78 is 59.2. The second-order valence-electron chi connectivity index (χ2n) is 5.58. The number of anilines is 1. The van der Waals surface area contributed by atoms with Gasteiger partial charge in [-0.3, -0.25) is 4.79 Å². The predicted octanol–water partition coefficient (Wildman–Crippen LogP) is 1.99. The van der Waals surface area contributed by atoms with Crippen molar-refractivity contribution in [2.45, 2.75) is 11.5 Å². The summed E-state index contributed by atoms with van der Waals surface area (Å²) in [7, 11) is -3.79. The average molecular weight is 438 g/mol. The number of hydrogen-bond acceptors (Lipinski definition) is 6. The first-order valence-electron chi connectivity index (χ1n) is 8.26. The largest absolute Gasteiger partial charge is 0.452 e. The monoisotopic (exact) mass is 438 g/mol. The van der Waals surface area contributed by atoms with Crippen LogP contribution in [-0.2, 0) is 19.6 Å². The van der Waals surface area contributed by atoms with E-state index in [4.69, 9.17) is 11.2 Å². The lowest BCUT2D eigenvalue weighted by atomic mass is 10.2. The van der Waals surface area contributed by atoms with Crippen LogP contribution in [0.1, 0.15) is 10.4 Å². The molecule has 0 saturated heterocycles. The number of alkyl halides is 2. The Balaban J connectivity index is 1.87. The van der Waals surface area contributed by atoms with Gasteiger partial charge < -0.3 is 14.8 Å². The normalized spacial score (nSPS) is 10.9. The van der Waals surface area contributed by atoms with Crippen LogP contribution < -0.4 is 14.8 Å². The summed E-state index contributed by atoms with van der Waals surface area (Å²) >= 11 is 0. The molecule has 2 N–H and O–H groups in total. The lowest BCUT2D eigenvalue weighted by molar-refractivity contribution is -0.119. The number of hydrogen-bond donors (Lipinski definition) is 2. The molecule has 2 aromatic rings. The zero-order valence-corrected chi connectivity index (χ0v) is 16.1. The highest BCUT2D eigenvalue weighted by Crippen LogP contribution is 2.17. The summed E-state index contributed by atoms with van der Waals surface area (Å²) in [4.78, 5) is 23.8. The van der Waals surface area contributed by atoms with E-state index in [0.29, 0.717) is 0 Å². The van der Waals surface area contributed by atoms with Crippen molar-refractivity contribution >= 4 is 27.6 Å². The molecule has 0 radical (unpaired) electrons.